The predicted octanol–water partition coefficient (Wildman–Crippen LogP) is 0.503. The quantitative estimate of drug-likeness (QED) is 0.333. The molecule has 10 heavy (non-hydrogen) atoms. The number of esters is 1. The van der Waals surface area contributed by atoms with Crippen molar-refractivity contribution in [2.75, 3.05) is 6.61 Å². The Hall–Kier alpha value is -0.313. The highest BCUT2D eigenvalue weighted by Crippen LogP contribution is 1.94. The average Bonchev–Trinajstić information content (AvgIpc) is 1.98. The molecule has 0 aliphatic heterocycles. The maximum Gasteiger partial charge on any atom is 0.302 e. The lowest BCUT2D eigenvalue weighted by Crippen LogP contribution is -2.04. The van der Waals surface area contributed by atoms with Crippen LogP contribution in [0.2, 0.25) is 6.04 Å². The van der Waals surface area contributed by atoms with Crippen LogP contribution in [-0.4, -0.2) is 22.8 Å². The zero-order chi connectivity index (χ0) is 7.82. The first-order chi connectivity index (χ1) is 4.81. The third-order valence-corrected chi connectivity index (χ3v) is 1.88. The van der Waals surface area contributed by atoms with E-state index in [0.717, 1.165) is 23.1 Å². The monoisotopic (exact) mass is 160 g/mol. The van der Waals surface area contributed by atoms with Gasteiger partial charge in [-0.3, -0.25) is 4.79 Å². The molecule has 0 spiro atoms. The topological polar surface area (TPSA) is 26.3 Å². The van der Waals surface area contributed by atoms with Crippen LogP contribution in [0.25, 0.3) is 0 Å². The van der Waals surface area contributed by atoms with Crippen molar-refractivity contribution in [1.82, 2.24) is 0 Å². The molecule has 0 amide bonds. The summed E-state index contributed by atoms with van der Waals surface area (Å²) in [6.45, 7) is 2.75. The van der Waals surface area contributed by atoms with Crippen molar-refractivity contribution in [1.29, 1.82) is 0 Å². The maximum atomic E-state index is 10.6. The first kappa shape index (κ1) is 9.69. The number of carbonyl (C=O) groups is 1. The number of unbranched alkanes of at least 4 members (excludes halogenated alkanes) is 2. The molecule has 0 aromatic carbocycles. The van der Waals surface area contributed by atoms with E-state index in [9.17, 15) is 4.79 Å². The standard InChI is InChI=1S/C7H16O2Si/c1-2-3-4-5-9-7(8)6-10/h2-6H2,1,10H3. The first-order valence-electron chi connectivity index (χ1n) is 3.96. The van der Waals surface area contributed by atoms with Crippen LogP contribution in [0, 0.1) is 0 Å². The normalized spacial score (nSPS) is 9.70. The van der Waals surface area contributed by atoms with Crippen molar-refractivity contribution in [3.05, 3.63) is 0 Å². The fourth-order valence-electron chi connectivity index (χ4n) is 0.640. The summed E-state index contributed by atoms with van der Waals surface area (Å²) in [5.41, 5.74) is 0. The summed E-state index contributed by atoms with van der Waals surface area (Å²) in [7, 11) is 0.918. The molecule has 0 bridgehead atoms. The van der Waals surface area contributed by atoms with Gasteiger partial charge in [-0.05, 0) is 6.42 Å². The number of hydrogen-bond acceptors (Lipinski definition) is 2. The summed E-state index contributed by atoms with van der Waals surface area (Å²) in [5.74, 6) is -0.0252. The molecule has 0 aromatic rings. The Kier molecular flexibility index (Phi) is 6.59. The largest absolute Gasteiger partial charge is 0.466 e. The molecule has 60 valence electrons. The van der Waals surface area contributed by atoms with Gasteiger partial charge in [0.25, 0.3) is 0 Å². The van der Waals surface area contributed by atoms with Crippen molar-refractivity contribution in [3.8, 4) is 0 Å². The molecule has 3 heteroatoms. The molecule has 0 aliphatic carbocycles. The van der Waals surface area contributed by atoms with Gasteiger partial charge < -0.3 is 4.74 Å². The third kappa shape index (κ3) is 5.82. The van der Waals surface area contributed by atoms with Gasteiger partial charge in [-0.2, -0.15) is 0 Å². The summed E-state index contributed by atoms with van der Waals surface area (Å²) in [4.78, 5) is 10.6. The fourth-order valence-corrected chi connectivity index (χ4v) is 0.844. The highest BCUT2D eigenvalue weighted by molar-refractivity contribution is 6.18. The number of carbonyl (C=O) groups excluding carboxylic acids is 1. The molecular weight excluding hydrogens is 144 g/mol. The van der Waals surface area contributed by atoms with Gasteiger partial charge in [0.15, 0.2) is 0 Å². The van der Waals surface area contributed by atoms with Crippen molar-refractivity contribution in [2.24, 2.45) is 0 Å². The second-order valence-electron chi connectivity index (χ2n) is 2.28. The molecule has 2 nitrogen and oxygen atoms in total. The Morgan fingerprint density at radius 3 is 2.70 bits per heavy atom. The lowest BCUT2D eigenvalue weighted by Gasteiger charge is -2.00. The Morgan fingerprint density at radius 1 is 1.50 bits per heavy atom. The van der Waals surface area contributed by atoms with Gasteiger partial charge in [-0.25, -0.2) is 0 Å². The summed E-state index contributed by atoms with van der Waals surface area (Å²) in [6.07, 6.45) is 3.36. The molecule has 0 unspecified atom stereocenters. The highest BCUT2D eigenvalue weighted by atomic mass is 28.1. The molecule has 0 saturated heterocycles. The van der Waals surface area contributed by atoms with Gasteiger partial charge in [-0.1, -0.05) is 19.8 Å². The Morgan fingerprint density at radius 2 is 2.20 bits per heavy atom. The zero-order valence-corrected chi connectivity index (χ0v) is 8.85. The minimum Gasteiger partial charge on any atom is -0.466 e. The van der Waals surface area contributed by atoms with E-state index in [1.165, 1.54) is 6.42 Å². The molecule has 0 saturated carbocycles. The second kappa shape index (κ2) is 6.80. The van der Waals surface area contributed by atoms with Crippen LogP contribution in [0.15, 0.2) is 0 Å². The molecule has 0 heterocycles. The minimum atomic E-state index is -0.0252. The van der Waals surface area contributed by atoms with Crippen molar-refractivity contribution < 1.29 is 9.53 Å². The number of hydrogen-bond donors (Lipinski definition) is 0. The Labute approximate surface area is 65.4 Å². The highest BCUT2D eigenvalue weighted by Gasteiger charge is 1.95. The van der Waals surface area contributed by atoms with Gasteiger partial charge in [0, 0.05) is 16.3 Å². The minimum absolute atomic E-state index is 0.0252. The van der Waals surface area contributed by atoms with Crippen LogP contribution < -0.4 is 0 Å². The van der Waals surface area contributed by atoms with Gasteiger partial charge in [0.2, 0.25) is 0 Å². The molecule has 0 aliphatic rings. The predicted molar refractivity (Wildman–Crippen MR) is 45.2 cm³/mol. The second-order valence-corrected chi connectivity index (χ2v) is 2.99. The van der Waals surface area contributed by atoms with Crippen LogP contribution in [-0.2, 0) is 9.53 Å². The molecule has 0 atom stereocenters. The Balaban J connectivity index is 2.96. The lowest BCUT2D eigenvalue weighted by atomic mass is 10.3. The lowest BCUT2D eigenvalue weighted by molar-refractivity contribution is -0.140. The summed E-state index contributed by atoms with van der Waals surface area (Å²) >= 11 is 0. The van der Waals surface area contributed by atoms with E-state index in [1.54, 1.807) is 0 Å². The van der Waals surface area contributed by atoms with Crippen LogP contribution in [0.1, 0.15) is 26.2 Å². The van der Waals surface area contributed by atoms with E-state index >= 15 is 0 Å². The molecule has 0 fully saturated rings. The van der Waals surface area contributed by atoms with Crippen molar-refractivity contribution >= 4 is 16.2 Å². The molecule has 0 rings (SSSR count). The average molecular weight is 160 g/mol. The van der Waals surface area contributed by atoms with Crippen molar-refractivity contribution in [3.63, 3.8) is 0 Å². The van der Waals surface area contributed by atoms with E-state index < -0.39 is 0 Å². The molecule has 0 aromatic heterocycles. The van der Waals surface area contributed by atoms with Crippen molar-refractivity contribution in [2.45, 2.75) is 32.2 Å². The maximum absolute atomic E-state index is 10.6. The molecule has 0 N–H and O–H groups in total. The van der Waals surface area contributed by atoms with E-state index in [0.29, 0.717) is 12.7 Å². The van der Waals surface area contributed by atoms with Crippen LogP contribution in [0.4, 0.5) is 0 Å². The number of rotatable bonds is 5. The summed E-state index contributed by atoms with van der Waals surface area (Å²) in [5, 5.41) is 0. The zero-order valence-electron chi connectivity index (χ0n) is 6.85. The number of ether oxygens (including phenoxy) is 1. The first-order valence-corrected chi connectivity index (χ1v) is 5.38. The SMILES string of the molecule is CCCCCOC(=O)C[SiH3]. The van der Waals surface area contributed by atoms with Gasteiger partial charge >= 0.3 is 5.97 Å². The molecular formula is C7H16O2Si. The van der Waals surface area contributed by atoms with E-state index in [-0.39, 0.29) is 5.97 Å². The van der Waals surface area contributed by atoms with Crippen LogP contribution in [0.5, 0.6) is 0 Å². The molecule has 0 radical (unpaired) electrons. The van der Waals surface area contributed by atoms with E-state index in [4.69, 9.17) is 4.74 Å². The van der Waals surface area contributed by atoms with E-state index in [1.807, 2.05) is 0 Å². The van der Waals surface area contributed by atoms with Gasteiger partial charge in [0.1, 0.15) is 0 Å². The smallest absolute Gasteiger partial charge is 0.302 e. The Bertz CT molecular complexity index is 93.6. The van der Waals surface area contributed by atoms with E-state index in [2.05, 4.69) is 6.92 Å². The summed E-state index contributed by atoms with van der Waals surface area (Å²) < 4.78 is 4.89. The van der Waals surface area contributed by atoms with Gasteiger partial charge in [0.05, 0.1) is 6.61 Å². The fraction of sp³-hybridized carbons (Fsp3) is 0.857. The van der Waals surface area contributed by atoms with Crippen LogP contribution >= 0.6 is 0 Å². The van der Waals surface area contributed by atoms with Gasteiger partial charge in [-0.15, -0.1) is 0 Å². The van der Waals surface area contributed by atoms with Crippen LogP contribution in [0.3, 0.4) is 0 Å². The summed E-state index contributed by atoms with van der Waals surface area (Å²) in [6, 6.07) is 0.631. The third-order valence-electron chi connectivity index (χ3n) is 1.30.